The van der Waals surface area contributed by atoms with Gasteiger partial charge >= 0.3 is 0 Å². The molecule has 29 heavy (non-hydrogen) atoms. The highest BCUT2D eigenvalue weighted by atomic mass is 28.3. The van der Waals surface area contributed by atoms with E-state index in [0.29, 0.717) is 0 Å². The molecule has 0 bridgehead atoms. The normalized spacial score (nSPS) is 12.0. The summed E-state index contributed by atoms with van der Waals surface area (Å²) in [4.78, 5) is 0. The van der Waals surface area contributed by atoms with Crippen LogP contribution in [0.15, 0.2) is 0 Å². The predicted octanol–water partition coefficient (Wildman–Crippen LogP) is 11.3. The second-order valence-corrected chi connectivity index (χ2v) is 15.5. The fourth-order valence-electron chi connectivity index (χ4n) is 5.06. The van der Waals surface area contributed by atoms with E-state index in [-0.39, 0.29) is 0 Å². The van der Waals surface area contributed by atoms with Crippen molar-refractivity contribution >= 4 is 8.07 Å². The first-order valence-electron chi connectivity index (χ1n) is 14.2. The molecule has 0 rings (SSSR count). The van der Waals surface area contributed by atoms with Gasteiger partial charge in [-0.05, 0) is 0 Å². The zero-order valence-corrected chi connectivity index (χ0v) is 22.5. The molecule has 0 saturated carbocycles. The quantitative estimate of drug-likeness (QED) is 0.107. The molecule has 0 aliphatic carbocycles. The maximum atomic E-state index is 2.52. The molecular weight excluding hydrogens is 364 g/mol. The summed E-state index contributed by atoms with van der Waals surface area (Å²) in [5, 5.41) is 0. The third-order valence-electron chi connectivity index (χ3n) is 7.62. The second-order valence-electron chi connectivity index (χ2n) is 10.1. The van der Waals surface area contributed by atoms with Crippen molar-refractivity contribution in [1.82, 2.24) is 0 Å². The van der Waals surface area contributed by atoms with E-state index < -0.39 is 8.07 Å². The average Bonchev–Trinajstić information content (AvgIpc) is 2.75. The van der Waals surface area contributed by atoms with Crippen LogP contribution in [0.3, 0.4) is 0 Å². The summed E-state index contributed by atoms with van der Waals surface area (Å²) in [7, 11) is -0.924. The Bertz CT molecular complexity index is 269. The van der Waals surface area contributed by atoms with Gasteiger partial charge in [-0.1, -0.05) is 180 Å². The fraction of sp³-hybridized carbons (Fsp3) is 1.00. The van der Waals surface area contributed by atoms with Crippen LogP contribution in [0.25, 0.3) is 0 Å². The SMILES string of the molecule is CCCCCCCCCCCC[Si](CC)(CC)CCCCCCCCCCCC. The summed E-state index contributed by atoms with van der Waals surface area (Å²) in [5.41, 5.74) is 0. The van der Waals surface area contributed by atoms with Gasteiger partial charge in [-0.25, -0.2) is 0 Å². The van der Waals surface area contributed by atoms with Crippen molar-refractivity contribution in [3.8, 4) is 0 Å². The van der Waals surface area contributed by atoms with Crippen molar-refractivity contribution < 1.29 is 0 Å². The van der Waals surface area contributed by atoms with Gasteiger partial charge in [0.1, 0.15) is 0 Å². The second kappa shape index (κ2) is 22.9. The van der Waals surface area contributed by atoms with Crippen LogP contribution in [0.5, 0.6) is 0 Å². The molecule has 0 aromatic heterocycles. The van der Waals surface area contributed by atoms with Crippen molar-refractivity contribution in [3.63, 3.8) is 0 Å². The van der Waals surface area contributed by atoms with E-state index in [0.717, 1.165) is 0 Å². The molecule has 0 spiro atoms. The minimum Gasteiger partial charge on any atom is -0.0678 e. The summed E-state index contributed by atoms with van der Waals surface area (Å²) >= 11 is 0. The minimum atomic E-state index is -0.924. The summed E-state index contributed by atoms with van der Waals surface area (Å²) in [6, 6.07) is 6.35. The molecule has 0 unspecified atom stereocenters. The maximum absolute atomic E-state index is 2.52. The number of rotatable bonds is 24. The van der Waals surface area contributed by atoms with E-state index >= 15 is 0 Å². The smallest absolute Gasteiger partial charge is 0.0530 e. The van der Waals surface area contributed by atoms with Crippen molar-refractivity contribution in [3.05, 3.63) is 0 Å². The van der Waals surface area contributed by atoms with E-state index in [1.165, 1.54) is 116 Å². The molecule has 0 aliphatic rings. The van der Waals surface area contributed by atoms with Crippen LogP contribution >= 0.6 is 0 Å². The third kappa shape index (κ3) is 18.7. The lowest BCUT2D eigenvalue weighted by molar-refractivity contribution is 0.558. The van der Waals surface area contributed by atoms with E-state index in [4.69, 9.17) is 0 Å². The van der Waals surface area contributed by atoms with Crippen LogP contribution in [-0.2, 0) is 0 Å². The maximum Gasteiger partial charge on any atom is 0.0530 e. The van der Waals surface area contributed by atoms with Crippen LogP contribution < -0.4 is 0 Å². The monoisotopic (exact) mass is 424 g/mol. The van der Waals surface area contributed by atoms with Gasteiger partial charge in [0.05, 0.1) is 8.07 Å². The van der Waals surface area contributed by atoms with Gasteiger partial charge < -0.3 is 0 Å². The van der Waals surface area contributed by atoms with Crippen LogP contribution in [0.4, 0.5) is 0 Å². The van der Waals surface area contributed by atoms with Crippen LogP contribution in [-0.4, -0.2) is 8.07 Å². The third-order valence-corrected chi connectivity index (χ3v) is 13.4. The molecule has 0 nitrogen and oxygen atoms in total. The van der Waals surface area contributed by atoms with Crippen LogP contribution in [0.1, 0.15) is 156 Å². The zero-order valence-electron chi connectivity index (χ0n) is 21.5. The first kappa shape index (κ1) is 29.2. The Morgan fingerprint density at radius 3 is 0.793 bits per heavy atom. The molecular formula is C28H60Si. The van der Waals surface area contributed by atoms with E-state index in [1.807, 2.05) is 0 Å². The lowest BCUT2D eigenvalue weighted by atomic mass is 10.1. The molecule has 0 radical (unpaired) electrons. The molecule has 0 heterocycles. The average molecular weight is 425 g/mol. The topological polar surface area (TPSA) is 0 Å². The largest absolute Gasteiger partial charge is 0.0678 e. The molecule has 0 amide bonds. The van der Waals surface area contributed by atoms with Crippen LogP contribution in [0, 0.1) is 0 Å². The first-order chi connectivity index (χ1) is 14.2. The van der Waals surface area contributed by atoms with E-state index in [1.54, 1.807) is 37.0 Å². The lowest BCUT2D eigenvalue weighted by Gasteiger charge is -2.30. The molecule has 0 aromatic carbocycles. The highest BCUT2D eigenvalue weighted by Gasteiger charge is 2.27. The standard InChI is InChI=1S/C28H60Si/c1-5-9-11-13-15-17-19-21-23-25-27-29(7-3,8-4)28-26-24-22-20-18-16-14-12-10-6-2/h5-28H2,1-4H3. The summed E-state index contributed by atoms with van der Waals surface area (Å²) in [6.07, 6.45) is 29.6. The molecule has 0 aliphatic heterocycles. The molecule has 176 valence electrons. The van der Waals surface area contributed by atoms with Crippen molar-refractivity contribution in [1.29, 1.82) is 0 Å². The molecule has 0 aromatic rings. The number of hydrogen-bond acceptors (Lipinski definition) is 0. The Labute approximate surface area is 188 Å². The molecule has 0 atom stereocenters. The first-order valence-corrected chi connectivity index (χ1v) is 17.1. The molecule has 0 saturated heterocycles. The Hall–Kier alpha value is 0.217. The minimum absolute atomic E-state index is 0.924. The van der Waals surface area contributed by atoms with Gasteiger partial charge in [-0.2, -0.15) is 0 Å². The molecule has 1 heteroatoms. The molecule has 0 fully saturated rings. The highest BCUT2D eigenvalue weighted by Crippen LogP contribution is 2.30. The Morgan fingerprint density at radius 1 is 0.310 bits per heavy atom. The van der Waals surface area contributed by atoms with Gasteiger partial charge in [-0.15, -0.1) is 0 Å². The van der Waals surface area contributed by atoms with Crippen molar-refractivity contribution in [2.24, 2.45) is 0 Å². The van der Waals surface area contributed by atoms with Crippen LogP contribution in [0.2, 0.25) is 24.2 Å². The van der Waals surface area contributed by atoms with Gasteiger partial charge in [0.25, 0.3) is 0 Å². The summed E-state index contributed by atoms with van der Waals surface area (Å²) in [6.45, 7) is 9.66. The van der Waals surface area contributed by atoms with Gasteiger partial charge in [-0.3, -0.25) is 0 Å². The predicted molar refractivity (Wildman–Crippen MR) is 140 cm³/mol. The van der Waals surface area contributed by atoms with Crippen molar-refractivity contribution in [2.45, 2.75) is 180 Å². The fourth-order valence-corrected chi connectivity index (χ4v) is 9.22. The van der Waals surface area contributed by atoms with E-state index in [2.05, 4.69) is 27.7 Å². The van der Waals surface area contributed by atoms with Gasteiger partial charge in [0, 0.05) is 0 Å². The summed E-state index contributed by atoms with van der Waals surface area (Å²) < 4.78 is 0. The van der Waals surface area contributed by atoms with E-state index in [9.17, 15) is 0 Å². The van der Waals surface area contributed by atoms with Crippen molar-refractivity contribution in [2.75, 3.05) is 0 Å². The highest BCUT2D eigenvalue weighted by molar-refractivity contribution is 6.79. The Morgan fingerprint density at radius 2 is 0.552 bits per heavy atom. The number of hydrogen-bond donors (Lipinski definition) is 0. The zero-order chi connectivity index (χ0) is 21.5. The summed E-state index contributed by atoms with van der Waals surface area (Å²) in [5.74, 6) is 0. The lowest BCUT2D eigenvalue weighted by Crippen LogP contribution is -2.31. The van der Waals surface area contributed by atoms with Gasteiger partial charge in [0.2, 0.25) is 0 Å². The van der Waals surface area contributed by atoms with Gasteiger partial charge in [0.15, 0.2) is 0 Å². The molecule has 0 N–H and O–H groups in total. The Balaban J connectivity index is 3.64. The Kier molecular flexibility index (Phi) is 23.1. The number of unbranched alkanes of at least 4 members (excludes halogenated alkanes) is 18.